The Morgan fingerprint density at radius 2 is 0.862 bits per heavy atom. The number of benzene rings is 13. The van der Waals surface area contributed by atoms with Crippen molar-refractivity contribution in [2.75, 3.05) is 9.80 Å². The topological polar surface area (TPSA) is 6.48 Å². The van der Waals surface area contributed by atoms with Crippen LogP contribution in [0.1, 0.15) is 192 Å². The third kappa shape index (κ3) is 13.4. The number of fused-ring (bicyclic) bond motifs is 8. The molecule has 2 heteroatoms. The van der Waals surface area contributed by atoms with Crippen LogP contribution in [0, 0.1) is 33.6 Å². The molecule has 109 heavy (non-hydrogen) atoms. The summed E-state index contributed by atoms with van der Waals surface area (Å²) in [5, 5.41) is 4.93. The molecule has 0 aliphatic heterocycles. The highest BCUT2D eigenvalue weighted by Crippen LogP contribution is 2.60. The van der Waals surface area contributed by atoms with Gasteiger partial charge in [-0.15, -0.1) is 0 Å². The van der Waals surface area contributed by atoms with Crippen molar-refractivity contribution in [1.82, 2.24) is 0 Å². The highest BCUT2D eigenvalue weighted by molar-refractivity contribution is 6.01. The van der Waals surface area contributed by atoms with Gasteiger partial charge in [0.2, 0.25) is 0 Å². The molecule has 13 aromatic rings. The van der Waals surface area contributed by atoms with Crippen molar-refractivity contribution in [2.45, 2.75) is 153 Å². The van der Waals surface area contributed by atoms with Crippen molar-refractivity contribution in [3.05, 3.63) is 400 Å². The molecular formula is C107H102N2. The fourth-order valence-corrected chi connectivity index (χ4v) is 20.0. The van der Waals surface area contributed by atoms with Gasteiger partial charge in [0.25, 0.3) is 0 Å². The van der Waals surface area contributed by atoms with Crippen molar-refractivity contribution >= 4 is 62.1 Å². The summed E-state index contributed by atoms with van der Waals surface area (Å²) in [6.07, 6.45) is 30.3. The molecule has 0 heterocycles. The third-order valence-electron chi connectivity index (χ3n) is 25.5. The third-order valence-corrected chi connectivity index (χ3v) is 25.5. The Kier molecular flexibility index (Phi) is 20.1. The van der Waals surface area contributed by atoms with E-state index in [1.807, 2.05) is 12.2 Å². The van der Waals surface area contributed by atoms with Crippen LogP contribution in [-0.2, 0) is 17.3 Å². The SMILES string of the molecule is C=Cc1ccc(CCCCCCCC2(c3ccc(C)cc3C)c3ccccc3-c3ccc(N(c4ccc(C5C=CC(N(c6ccc7c(c6)C(CCCCCC[C@@H]6CCC6c6ccc(C=C)cc6)(c6ccc(C)cc6C)c6ccccc6-7)c6cccc7ccccc67)=CC5)cc4)c4cccc5ccccc45)cc32)cc1. The zero-order valence-corrected chi connectivity index (χ0v) is 64.3. The van der Waals surface area contributed by atoms with Gasteiger partial charge in [0.15, 0.2) is 0 Å². The number of rotatable bonds is 27. The maximum atomic E-state index is 4.00. The summed E-state index contributed by atoms with van der Waals surface area (Å²) in [7, 11) is 0. The first kappa shape index (κ1) is 70.9. The van der Waals surface area contributed by atoms with E-state index < -0.39 is 0 Å². The fourth-order valence-electron chi connectivity index (χ4n) is 20.0. The number of allylic oxidation sites excluding steroid dienone is 3. The fraction of sp³-hybridized carbons (Fsp3) is 0.234. The maximum Gasteiger partial charge on any atom is 0.0540 e. The highest BCUT2D eigenvalue weighted by atomic mass is 15.2. The first-order chi connectivity index (χ1) is 53.6. The molecule has 1 saturated carbocycles. The van der Waals surface area contributed by atoms with Gasteiger partial charge < -0.3 is 9.80 Å². The number of unbranched alkanes of at least 4 members (excludes halogenated alkanes) is 7. The van der Waals surface area contributed by atoms with Gasteiger partial charge in [0.1, 0.15) is 0 Å². The van der Waals surface area contributed by atoms with Crippen LogP contribution in [-0.4, -0.2) is 0 Å². The van der Waals surface area contributed by atoms with Crippen LogP contribution in [0.3, 0.4) is 0 Å². The van der Waals surface area contributed by atoms with E-state index in [0.717, 1.165) is 50.1 Å². The summed E-state index contributed by atoms with van der Waals surface area (Å²) in [6, 6.07) is 107. The summed E-state index contributed by atoms with van der Waals surface area (Å²) < 4.78 is 0. The lowest BCUT2D eigenvalue weighted by molar-refractivity contribution is 0.232. The standard InChI is InChI=1S/C107H102N2/c1-7-78-44-46-80(47-45-78)28-14-10-9-12-24-68-106(98-66-42-74(3)70-76(98)5)100-38-22-20-36-94(100)96-64-61-89(72-102(96)106)108(104-40-26-32-83-30-16-18-34-92(83)104)87-57-52-81(53-58-87)82-54-59-88(60-55-82)109(105-41-27-33-84-31-17-19-35-93(84)105)90-62-65-97-95-37-21-23-39-101(95)107(103(97)73-90,99-67-43-75(4)71-77(99)6)69-25-13-11-15-29-85-56-63-91(85)86-50-48-79(8-2)49-51-86/h7-8,16-23,26-27,30-54,57-62,64-67,70-73,82,85,91H,1-2,9-15,24-25,28-29,55-56,63,68-69H2,3-6H3/t82?,85-,91?,106?,107?/m1/s1. The Labute approximate surface area is 648 Å². The molecule has 0 aromatic heterocycles. The lowest BCUT2D eigenvalue weighted by atomic mass is 9.67. The molecule has 13 aromatic carbocycles. The van der Waals surface area contributed by atoms with Gasteiger partial charge in [0, 0.05) is 50.3 Å². The normalized spacial score (nSPS) is 18.0. The Balaban J connectivity index is 0.685. The Morgan fingerprint density at radius 3 is 1.40 bits per heavy atom. The second kappa shape index (κ2) is 30.9. The molecule has 0 amide bonds. The van der Waals surface area contributed by atoms with Crippen LogP contribution >= 0.6 is 0 Å². The van der Waals surface area contributed by atoms with E-state index in [4.69, 9.17) is 0 Å². The molecular weight excluding hydrogens is 1310 g/mol. The quantitative estimate of drug-likeness (QED) is 0.0474. The van der Waals surface area contributed by atoms with E-state index in [0.29, 0.717) is 5.92 Å². The van der Waals surface area contributed by atoms with Crippen molar-refractivity contribution < 1.29 is 0 Å². The minimum absolute atomic E-state index is 0.182. The Hall–Kier alpha value is -11.1. The van der Waals surface area contributed by atoms with Gasteiger partial charge in [-0.3, -0.25) is 0 Å². The van der Waals surface area contributed by atoms with Crippen molar-refractivity contribution in [3.8, 4) is 22.3 Å². The molecule has 17 rings (SSSR count). The second-order valence-corrected chi connectivity index (χ2v) is 32.1. The van der Waals surface area contributed by atoms with Crippen molar-refractivity contribution in [2.24, 2.45) is 5.92 Å². The number of hydrogen-bond acceptors (Lipinski definition) is 2. The zero-order chi connectivity index (χ0) is 74.0. The monoisotopic (exact) mass is 1410 g/mol. The van der Waals surface area contributed by atoms with E-state index in [1.165, 1.54) is 220 Å². The van der Waals surface area contributed by atoms with E-state index in [9.17, 15) is 0 Å². The summed E-state index contributed by atoms with van der Waals surface area (Å²) >= 11 is 0. The molecule has 0 radical (unpaired) electrons. The molecule has 4 aliphatic carbocycles. The summed E-state index contributed by atoms with van der Waals surface area (Å²) in [6.45, 7) is 17.2. The van der Waals surface area contributed by atoms with Crippen LogP contribution in [0.25, 0.3) is 56.0 Å². The molecule has 1 fully saturated rings. The summed E-state index contributed by atoms with van der Waals surface area (Å²) in [5.74, 6) is 1.66. The molecule has 5 atom stereocenters. The predicted octanol–water partition coefficient (Wildman–Crippen LogP) is 29.5. The number of aryl methyl sites for hydroxylation is 5. The molecule has 4 aliphatic rings. The molecule has 0 saturated heterocycles. The van der Waals surface area contributed by atoms with Gasteiger partial charge in [-0.2, -0.15) is 0 Å². The lowest BCUT2D eigenvalue weighted by Gasteiger charge is -2.37. The van der Waals surface area contributed by atoms with Gasteiger partial charge in [-0.1, -0.05) is 330 Å². The average molecular weight is 1420 g/mol. The molecule has 0 N–H and O–H groups in total. The molecule has 4 unspecified atom stereocenters. The lowest BCUT2D eigenvalue weighted by Crippen LogP contribution is -2.28. The van der Waals surface area contributed by atoms with Crippen LogP contribution in [0.4, 0.5) is 28.4 Å². The first-order valence-electron chi connectivity index (χ1n) is 40.7. The zero-order valence-electron chi connectivity index (χ0n) is 64.3. The van der Waals surface area contributed by atoms with Crippen LogP contribution in [0.5, 0.6) is 0 Å². The van der Waals surface area contributed by atoms with Crippen LogP contribution in [0.15, 0.2) is 316 Å². The largest absolute Gasteiger partial charge is 0.310 e. The van der Waals surface area contributed by atoms with Gasteiger partial charge >= 0.3 is 0 Å². The van der Waals surface area contributed by atoms with Crippen molar-refractivity contribution in [1.29, 1.82) is 0 Å². The first-order valence-corrected chi connectivity index (χ1v) is 40.7. The van der Waals surface area contributed by atoms with Crippen molar-refractivity contribution in [3.63, 3.8) is 0 Å². The van der Waals surface area contributed by atoms with E-state index in [-0.39, 0.29) is 16.7 Å². The number of anilines is 5. The number of hydrogen-bond donors (Lipinski definition) is 0. The van der Waals surface area contributed by atoms with Crippen LogP contribution < -0.4 is 9.80 Å². The van der Waals surface area contributed by atoms with Gasteiger partial charge in [-0.25, -0.2) is 0 Å². The second-order valence-electron chi connectivity index (χ2n) is 32.1. The summed E-state index contributed by atoms with van der Waals surface area (Å²) in [4.78, 5) is 5.13. The van der Waals surface area contributed by atoms with Gasteiger partial charge in [-0.05, 0) is 251 Å². The average Bonchev–Trinajstić information content (AvgIpc) is 1.56. The predicted molar refractivity (Wildman–Crippen MR) is 466 cm³/mol. The van der Waals surface area contributed by atoms with E-state index in [2.05, 4.69) is 348 Å². The Bertz CT molecular complexity index is 5580. The van der Waals surface area contributed by atoms with Crippen LogP contribution in [0.2, 0.25) is 0 Å². The number of nitrogens with zero attached hydrogens (tertiary/aromatic N) is 2. The van der Waals surface area contributed by atoms with E-state index in [1.54, 1.807) is 0 Å². The Morgan fingerprint density at radius 1 is 0.385 bits per heavy atom. The molecule has 540 valence electrons. The smallest absolute Gasteiger partial charge is 0.0540 e. The molecule has 2 nitrogen and oxygen atoms in total. The molecule has 0 spiro atoms. The maximum absolute atomic E-state index is 4.00. The van der Waals surface area contributed by atoms with Gasteiger partial charge in [0.05, 0.1) is 11.4 Å². The summed E-state index contributed by atoms with van der Waals surface area (Å²) in [5.41, 5.74) is 32.3. The highest BCUT2D eigenvalue weighted by Gasteiger charge is 2.47. The molecule has 0 bridgehead atoms. The minimum Gasteiger partial charge on any atom is -0.310 e. The van der Waals surface area contributed by atoms with E-state index >= 15 is 0 Å². The minimum atomic E-state index is -0.332.